The molecule has 0 saturated carbocycles. The quantitative estimate of drug-likeness (QED) is 0.559. The summed E-state index contributed by atoms with van der Waals surface area (Å²) in [7, 11) is 0. The third kappa shape index (κ3) is 6.44. The number of carbonyl (C=O) groups excluding carboxylic acids is 2. The molecular formula is C22H25Cl2FN2O2. The third-order valence-corrected chi connectivity index (χ3v) is 5.39. The van der Waals surface area contributed by atoms with Crippen LogP contribution in [0, 0.1) is 5.82 Å². The van der Waals surface area contributed by atoms with Crippen LogP contribution < -0.4 is 5.32 Å². The van der Waals surface area contributed by atoms with Crippen molar-refractivity contribution < 1.29 is 14.0 Å². The van der Waals surface area contributed by atoms with Crippen molar-refractivity contribution in [3.63, 3.8) is 0 Å². The molecule has 0 fully saturated rings. The lowest BCUT2D eigenvalue weighted by Crippen LogP contribution is -2.48. The maximum atomic E-state index is 14.0. The average Bonchev–Trinajstić information content (AvgIpc) is 2.69. The van der Waals surface area contributed by atoms with Crippen molar-refractivity contribution in [1.29, 1.82) is 0 Å². The van der Waals surface area contributed by atoms with E-state index < -0.39 is 11.9 Å². The van der Waals surface area contributed by atoms with Crippen molar-refractivity contribution in [3.05, 3.63) is 69.5 Å². The van der Waals surface area contributed by atoms with E-state index in [0.717, 1.165) is 12.8 Å². The second-order valence-corrected chi connectivity index (χ2v) is 7.62. The first-order chi connectivity index (χ1) is 13.8. The predicted octanol–water partition coefficient (Wildman–Crippen LogP) is 5.01. The smallest absolute Gasteiger partial charge is 0.242 e. The summed E-state index contributed by atoms with van der Waals surface area (Å²) in [6, 6.07) is 10.4. The largest absolute Gasteiger partial charge is 0.354 e. The number of nitrogens with one attached hydrogen (secondary N) is 1. The molecule has 0 radical (unpaired) electrons. The summed E-state index contributed by atoms with van der Waals surface area (Å²) < 4.78 is 14.0. The van der Waals surface area contributed by atoms with Gasteiger partial charge >= 0.3 is 0 Å². The Morgan fingerprint density at radius 3 is 2.38 bits per heavy atom. The second-order valence-electron chi connectivity index (χ2n) is 6.81. The average molecular weight is 439 g/mol. The minimum Gasteiger partial charge on any atom is -0.354 e. The van der Waals surface area contributed by atoms with Crippen LogP contribution in [0.25, 0.3) is 0 Å². The number of carbonyl (C=O) groups is 2. The molecular weight excluding hydrogens is 414 g/mol. The van der Waals surface area contributed by atoms with Crippen LogP contribution >= 0.6 is 23.2 Å². The van der Waals surface area contributed by atoms with Crippen LogP contribution in [0.3, 0.4) is 0 Å². The fraction of sp³-hybridized carbons (Fsp3) is 0.364. The van der Waals surface area contributed by atoms with Gasteiger partial charge in [0.2, 0.25) is 11.8 Å². The number of benzene rings is 2. The van der Waals surface area contributed by atoms with Crippen molar-refractivity contribution >= 4 is 35.0 Å². The van der Waals surface area contributed by atoms with E-state index in [1.165, 1.54) is 11.0 Å². The molecule has 0 aliphatic heterocycles. The highest BCUT2D eigenvalue weighted by atomic mass is 35.5. The van der Waals surface area contributed by atoms with Crippen molar-refractivity contribution in [2.45, 2.75) is 45.7 Å². The Morgan fingerprint density at radius 1 is 1.10 bits per heavy atom. The summed E-state index contributed by atoms with van der Waals surface area (Å²) in [5.74, 6) is -1.12. The summed E-state index contributed by atoms with van der Waals surface area (Å²) in [5.41, 5.74) is 0.817. The molecule has 0 spiro atoms. The van der Waals surface area contributed by atoms with Crippen LogP contribution in [0.1, 0.15) is 37.8 Å². The van der Waals surface area contributed by atoms with Gasteiger partial charge in [-0.1, -0.05) is 60.8 Å². The highest BCUT2D eigenvalue weighted by Crippen LogP contribution is 2.27. The molecule has 2 amide bonds. The molecule has 0 aromatic heterocycles. The Bertz CT molecular complexity index is 840. The molecule has 1 N–H and O–H groups in total. The molecule has 29 heavy (non-hydrogen) atoms. The second kappa shape index (κ2) is 11.2. The van der Waals surface area contributed by atoms with Crippen molar-refractivity contribution in [2.24, 2.45) is 0 Å². The Morgan fingerprint density at radius 2 is 1.76 bits per heavy atom. The molecule has 1 atom stereocenters. The number of halogens is 3. The predicted molar refractivity (Wildman–Crippen MR) is 114 cm³/mol. The highest BCUT2D eigenvalue weighted by Gasteiger charge is 2.27. The monoisotopic (exact) mass is 438 g/mol. The Labute approximate surface area is 181 Å². The molecule has 0 unspecified atom stereocenters. The van der Waals surface area contributed by atoms with Gasteiger partial charge < -0.3 is 10.2 Å². The minimum absolute atomic E-state index is 0.0498. The summed E-state index contributed by atoms with van der Waals surface area (Å²) in [6.07, 6.45) is 1.62. The van der Waals surface area contributed by atoms with Crippen LogP contribution in [0.5, 0.6) is 0 Å². The summed E-state index contributed by atoms with van der Waals surface area (Å²) in [4.78, 5) is 27.0. The Hall–Kier alpha value is -2.11. The molecule has 0 bridgehead atoms. The number of nitrogens with zero attached hydrogens (tertiary/aromatic N) is 1. The molecule has 2 aromatic rings. The molecule has 0 saturated heterocycles. The fourth-order valence-corrected chi connectivity index (χ4v) is 3.40. The van der Waals surface area contributed by atoms with Gasteiger partial charge in [0, 0.05) is 28.7 Å². The van der Waals surface area contributed by atoms with Gasteiger partial charge in [-0.05, 0) is 37.1 Å². The molecule has 0 aliphatic rings. The zero-order valence-electron chi connectivity index (χ0n) is 16.6. The lowest BCUT2D eigenvalue weighted by atomic mass is 10.1. The van der Waals surface area contributed by atoms with Crippen LogP contribution in [0.2, 0.25) is 10.0 Å². The molecule has 0 aliphatic carbocycles. The van der Waals surface area contributed by atoms with E-state index >= 15 is 0 Å². The number of unbranched alkanes of at least 4 members (excludes halogenated alkanes) is 1. The third-order valence-electron chi connectivity index (χ3n) is 4.69. The summed E-state index contributed by atoms with van der Waals surface area (Å²) in [6.45, 7) is 4.25. The fourth-order valence-electron chi connectivity index (χ4n) is 2.88. The molecule has 4 nitrogen and oxygen atoms in total. The van der Waals surface area contributed by atoms with E-state index in [4.69, 9.17) is 23.2 Å². The lowest BCUT2D eigenvalue weighted by Gasteiger charge is -2.29. The minimum atomic E-state index is -0.765. The van der Waals surface area contributed by atoms with Gasteiger partial charge in [-0.3, -0.25) is 9.59 Å². The van der Waals surface area contributed by atoms with Gasteiger partial charge in [0.05, 0.1) is 6.42 Å². The number of rotatable bonds is 9. The van der Waals surface area contributed by atoms with E-state index in [1.807, 2.05) is 6.92 Å². The highest BCUT2D eigenvalue weighted by molar-refractivity contribution is 6.36. The van der Waals surface area contributed by atoms with Gasteiger partial charge in [0.15, 0.2) is 0 Å². The van der Waals surface area contributed by atoms with Crippen LogP contribution in [0.4, 0.5) is 4.39 Å². The molecule has 0 heterocycles. The van der Waals surface area contributed by atoms with Gasteiger partial charge in [-0.15, -0.1) is 0 Å². The maximum absolute atomic E-state index is 14.0. The molecule has 156 valence electrons. The zero-order chi connectivity index (χ0) is 21.4. The van der Waals surface area contributed by atoms with Crippen LogP contribution in [-0.4, -0.2) is 29.3 Å². The van der Waals surface area contributed by atoms with Gasteiger partial charge in [-0.25, -0.2) is 4.39 Å². The lowest BCUT2D eigenvalue weighted by molar-refractivity contribution is -0.140. The van der Waals surface area contributed by atoms with Crippen LogP contribution in [0.15, 0.2) is 42.5 Å². The number of amides is 2. The van der Waals surface area contributed by atoms with Crippen molar-refractivity contribution in [3.8, 4) is 0 Å². The van der Waals surface area contributed by atoms with Gasteiger partial charge in [0.1, 0.15) is 11.9 Å². The van der Waals surface area contributed by atoms with E-state index in [9.17, 15) is 14.0 Å². The topological polar surface area (TPSA) is 49.4 Å². The first-order valence-electron chi connectivity index (χ1n) is 9.58. The van der Waals surface area contributed by atoms with E-state index in [0.29, 0.717) is 22.2 Å². The SMILES string of the molecule is CCCCNC(=O)[C@H](C)N(Cc1c(Cl)cccc1Cl)C(=O)Cc1ccccc1F. The van der Waals surface area contributed by atoms with Crippen LogP contribution in [-0.2, 0) is 22.6 Å². The molecule has 7 heteroatoms. The van der Waals surface area contributed by atoms with Gasteiger partial charge in [-0.2, -0.15) is 0 Å². The standard InChI is InChI=1S/C22H25Cl2FN2O2/c1-3-4-12-26-22(29)15(2)27(14-17-18(23)9-7-10-19(17)24)21(28)13-16-8-5-6-11-20(16)25/h5-11,15H,3-4,12-14H2,1-2H3,(H,26,29)/t15-/m0/s1. The normalized spacial score (nSPS) is 11.8. The zero-order valence-corrected chi connectivity index (χ0v) is 18.1. The maximum Gasteiger partial charge on any atom is 0.242 e. The first-order valence-corrected chi connectivity index (χ1v) is 10.3. The van der Waals surface area contributed by atoms with Crippen molar-refractivity contribution in [1.82, 2.24) is 10.2 Å². The summed E-state index contributed by atoms with van der Waals surface area (Å²) in [5, 5.41) is 3.64. The van der Waals surface area contributed by atoms with Gasteiger partial charge in [0.25, 0.3) is 0 Å². The summed E-state index contributed by atoms with van der Waals surface area (Å²) >= 11 is 12.5. The number of hydrogen-bond donors (Lipinski definition) is 1. The van der Waals surface area contributed by atoms with E-state index in [2.05, 4.69) is 5.32 Å². The Kier molecular flexibility index (Phi) is 8.93. The van der Waals surface area contributed by atoms with E-state index in [1.54, 1.807) is 43.3 Å². The molecule has 2 aromatic carbocycles. The first kappa shape index (κ1) is 23.2. The number of hydrogen-bond acceptors (Lipinski definition) is 2. The van der Waals surface area contributed by atoms with E-state index in [-0.39, 0.29) is 30.3 Å². The Balaban J connectivity index is 2.27. The van der Waals surface area contributed by atoms with Crippen molar-refractivity contribution in [2.75, 3.05) is 6.54 Å². The molecule has 2 rings (SSSR count).